The molecule has 0 aliphatic carbocycles. The fraction of sp³-hybridized carbons (Fsp3) is 0.583. The maximum absolute atomic E-state index is 12.4. The predicted molar refractivity (Wildman–Crippen MR) is 121 cm³/mol. The number of piperidine rings is 1. The van der Waals surface area contributed by atoms with Crippen molar-refractivity contribution in [2.45, 2.75) is 50.9 Å². The number of ether oxygens (including phenoxy) is 1. The number of hydrogen-bond acceptors (Lipinski definition) is 5. The number of aromatic nitrogens is 2. The molecule has 1 atom stereocenters. The summed E-state index contributed by atoms with van der Waals surface area (Å²) in [4.78, 5) is 17.1. The molecule has 2 aromatic rings. The molecule has 0 bridgehead atoms. The molecule has 1 aromatic heterocycles. The van der Waals surface area contributed by atoms with Crippen LogP contribution in [0.1, 0.15) is 41.0 Å². The molecular weight excluding hydrogens is 390 g/mol. The monoisotopic (exact) mass is 425 g/mol. The van der Waals surface area contributed by atoms with E-state index in [9.17, 15) is 4.79 Å². The number of benzene rings is 1. The normalized spacial score (nSPS) is 19.6. The van der Waals surface area contributed by atoms with Crippen LogP contribution in [0, 0.1) is 0 Å². The third-order valence-corrected chi connectivity index (χ3v) is 6.40. The minimum atomic E-state index is -0.0856. The van der Waals surface area contributed by atoms with E-state index in [0.29, 0.717) is 31.0 Å². The van der Waals surface area contributed by atoms with Crippen LogP contribution in [-0.4, -0.2) is 78.0 Å². The SMILES string of the molecule is CN(C)C1Cc2cc(C(=O)NCCCOC3CCN(Cc4ccccc4)CC3)nn2C1. The second kappa shape index (κ2) is 10.4. The van der Waals surface area contributed by atoms with Gasteiger partial charge >= 0.3 is 0 Å². The maximum atomic E-state index is 12.4. The molecular formula is C24H35N5O2. The Hall–Kier alpha value is -2.22. The van der Waals surface area contributed by atoms with Crippen molar-refractivity contribution in [3.63, 3.8) is 0 Å². The van der Waals surface area contributed by atoms with Gasteiger partial charge in [0.15, 0.2) is 0 Å². The molecule has 7 nitrogen and oxygen atoms in total. The van der Waals surface area contributed by atoms with E-state index in [4.69, 9.17) is 4.74 Å². The second-order valence-corrected chi connectivity index (χ2v) is 8.97. The zero-order valence-corrected chi connectivity index (χ0v) is 18.8. The van der Waals surface area contributed by atoms with E-state index in [2.05, 4.69) is 64.6 Å². The standard InChI is InChI=1S/C24H35N5O2/c1-27(2)21-15-20-16-23(26-29(20)18-21)24(30)25-11-6-14-31-22-9-12-28(13-10-22)17-19-7-4-3-5-8-19/h3-5,7-8,16,21-22H,6,9-15,17-18H2,1-2H3,(H,25,30). The first kappa shape index (κ1) is 22.0. The summed E-state index contributed by atoms with van der Waals surface area (Å²) in [6, 6.07) is 13.0. The number of amides is 1. The number of carbonyl (C=O) groups excluding carboxylic acids is 1. The van der Waals surface area contributed by atoms with Gasteiger partial charge in [0.2, 0.25) is 0 Å². The molecule has 31 heavy (non-hydrogen) atoms. The molecule has 1 fully saturated rings. The van der Waals surface area contributed by atoms with Crippen LogP contribution < -0.4 is 5.32 Å². The molecule has 1 N–H and O–H groups in total. The Morgan fingerprint density at radius 3 is 2.71 bits per heavy atom. The van der Waals surface area contributed by atoms with Gasteiger partial charge in [-0.2, -0.15) is 5.10 Å². The molecule has 1 aromatic carbocycles. The van der Waals surface area contributed by atoms with Gasteiger partial charge in [-0.25, -0.2) is 0 Å². The molecule has 0 spiro atoms. The van der Waals surface area contributed by atoms with Gasteiger partial charge in [0.05, 0.1) is 12.6 Å². The minimum absolute atomic E-state index is 0.0856. The first-order chi connectivity index (χ1) is 15.1. The van der Waals surface area contributed by atoms with E-state index >= 15 is 0 Å². The number of hydrogen-bond donors (Lipinski definition) is 1. The van der Waals surface area contributed by atoms with Gasteiger partial charge in [0.1, 0.15) is 5.69 Å². The van der Waals surface area contributed by atoms with Crippen molar-refractivity contribution in [1.82, 2.24) is 24.9 Å². The van der Waals surface area contributed by atoms with Crippen LogP contribution in [0.5, 0.6) is 0 Å². The predicted octanol–water partition coefficient (Wildman–Crippen LogP) is 2.17. The topological polar surface area (TPSA) is 62.6 Å². The van der Waals surface area contributed by atoms with Crippen molar-refractivity contribution in [2.75, 3.05) is 40.3 Å². The molecule has 0 saturated carbocycles. The smallest absolute Gasteiger partial charge is 0.271 e. The molecule has 3 heterocycles. The van der Waals surface area contributed by atoms with Gasteiger partial charge in [-0.1, -0.05) is 30.3 Å². The summed E-state index contributed by atoms with van der Waals surface area (Å²) in [5.74, 6) is -0.0856. The summed E-state index contributed by atoms with van der Waals surface area (Å²) >= 11 is 0. The Morgan fingerprint density at radius 2 is 2.00 bits per heavy atom. The van der Waals surface area contributed by atoms with Gasteiger partial charge in [0.25, 0.3) is 5.91 Å². The van der Waals surface area contributed by atoms with Crippen LogP contribution in [0.15, 0.2) is 36.4 Å². The van der Waals surface area contributed by atoms with E-state index in [1.165, 1.54) is 5.56 Å². The average Bonchev–Trinajstić information content (AvgIpc) is 3.35. The van der Waals surface area contributed by atoms with Crippen molar-refractivity contribution in [2.24, 2.45) is 0 Å². The van der Waals surface area contributed by atoms with Crippen molar-refractivity contribution in [3.8, 4) is 0 Å². The molecule has 7 heteroatoms. The number of nitrogens with zero attached hydrogens (tertiary/aromatic N) is 4. The molecule has 0 radical (unpaired) electrons. The summed E-state index contributed by atoms with van der Waals surface area (Å²) in [5.41, 5.74) is 3.04. The van der Waals surface area contributed by atoms with E-state index in [1.807, 2.05) is 10.7 Å². The second-order valence-electron chi connectivity index (χ2n) is 8.97. The van der Waals surface area contributed by atoms with Crippen molar-refractivity contribution >= 4 is 5.91 Å². The third-order valence-electron chi connectivity index (χ3n) is 6.40. The Balaban J connectivity index is 1.08. The van der Waals surface area contributed by atoms with Crippen LogP contribution in [0.25, 0.3) is 0 Å². The van der Waals surface area contributed by atoms with Crippen molar-refractivity contribution < 1.29 is 9.53 Å². The molecule has 2 aliphatic heterocycles. The molecule has 1 saturated heterocycles. The van der Waals surface area contributed by atoms with Gasteiger partial charge in [-0.3, -0.25) is 14.4 Å². The largest absolute Gasteiger partial charge is 0.378 e. The van der Waals surface area contributed by atoms with E-state index in [-0.39, 0.29) is 5.91 Å². The lowest BCUT2D eigenvalue weighted by molar-refractivity contribution is 0.00514. The van der Waals surface area contributed by atoms with Gasteiger partial charge in [-0.05, 0) is 45.0 Å². The van der Waals surface area contributed by atoms with Gasteiger partial charge in [0, 0.05) is 50.9 Å². The Bertz CT molecular complexity index is 819. The third kappa shape index (κ3) is 5.93. The lowest BCUT2D eigenvalue weighted by Crippen LogP contribution is -2.37. The summed E-state index contributed by atoms with van der Waals surface area (Å²) in [6.45, 7) is 5.34. The Labute approximate surface area is 185 Å². The van der Waals surface area contributed by atoms with Crippen LogP contribution in [0.4, 0.5) is 0 Å². The first-order valence-corrected chi connectivity index (χ1v) is 11.5. The highest BCUT2D eigenvalue weighted by molar-refractivity contribution is 5.92. The molecule has 1 amide bonds. The number of nitrogens with one attached hydrogen (secondary N) is 1. The number of carbonyl (C=O) groups is 1. The highest BCUT2D eigenvalue weighted by Gasteiger charge is 2.26. The van der Waals surface area contributed by atoms with Gasteiger partial charge in [-0.15, -0.1) is 0 Å². The van der Waals surface area contributed by atoms with E-state index < -0.39 is 0 Å². The maximum Gasteiger partial charge on any atom is 0.271 e. The average molecular weight is 426 g/mol. The lowest BCUT2D eigenvalue weighted by Gasteiger charge is -2.32. The summed E-state index contributed by atoms with van der Waals surface area (Å²) in [6.07, 6.45) is 4.27. The molecule has 168 valence electrons. The lowest BCUT2D eigenvalue weighted by atomic mass is 10.1. The number of likely N-dealkylation sites (N-methyl/N-ethyl adjacent to an activating group) is 1. The summed E-state index contributed by atoms with van der Waals surface area (Å²) in [5, 5.41) is 7.46. The molecule has 2 aliphatic rings. The first-order valence-electron chi connectivity index (χ1n) is 11.5. The fourth-order valence-electron chi connectivity index (χ4n) is 4.43. The fourth-order valence-corrected chi connectivity index (χ4v) is 4.43. The van der Waals surface area contributed by atoms with Crippen molar-refractivity contribution in [3.05, 3.63) is 53.3 Å². The zero-order chi connectivity index (χ0) is 21.6. The Kier molecular flexibility index (Phi) is 7.37. The van der Waals surface area contributed by atoms with Gasteiger partial charge < -0.3 is 15.0 Å². The molecule has 1 unspecified atom stereocenters. The zero-order valence-electron chi connectivity index (χ0n) is 18.8. The Morgan fingerprint density at radius 1 is 1.23 bits per heavy atom. The summed E-state index contributed by atoms with van der Waals surface area (Å²) in [7, 11) is 4.17. The quantitative estimate of drug-likeness (QED) is 0.624. The van der Waals surface area contributed by atoms with Crippen molar-refractivity contribution in [1.29, 1.82) is 0 Å². The number of fused-ring (bicyclic) bond motifs is 1. The van der Waals surface area contributed by atoms with Crippen LogP contribution >= 0.6 is 0 Å². The highest BCUT2D eigenvalue weighted by atomic mass is 16.5. The number of rotatable bonds is 9. The van der Waals surface area contributed by atoms with Crippen LogP contribution in [0.2, 0.25) is 0 Å². The minimum Gasteiger partial charge on any atom is -0.378 e. The van der Waals surface area contributed by atoms with E-state index in [0.717, 1.165) is 57.6 Å². The van der Waals surface area contributed by atoms with Crippen LogP contribution in [0.3, 0.4) is 0 Å². The molecule has 4 rings (SSSR count). The van der Waals surface area contributed by atoms with Crippen LogP contribution in [-0.2, 0) is 24.2 Å². The summed E-state index contributed by atoms with van der Waals surface area (Å²) < 4.78 is 8.02. The van der Waals surface area contributed by atoms with E-state index in [1.54, 1.807) is 0 Å². The highest BCUT2D eigenvalue weighted by Crippen LogP contribution is 2.19. The number of likely N-dealkylation sites (tertiary alicyclic amines) is 1.